The van der Waals surface area contributed by atoms with Crippen LogP contribution in [-0.4, -0.2) is 111 Å². The van der Waals surface area contributed by atoms with Crippen molar-refractivity contribution in [2.45, 2.75) is 102 Å². The van der Waals surface area contributed by atoms with Crippen molar-refractivity contribution in [2.24, 2.45) is 0 Å². The van der Waals surface area contributed by atoms with E-state index in [0.717, 1.165) is 86.6 Å². The molecule has 59 heavy (non-hydrogen) atoms. The van der Waals surface area contributed by atoms with Crippen LogP contribution in [0.1, 0.15) is 75.2 Å². The van der Waals surface area contributed by atoms with Crippen molar-refractivity contribution in [2.75, 3.05) is 33.2 Å². The molecule has 7 amide bonds. The highest BCUT2D eigenvalue weighted by Gasteiger charge is 2.41. The quantitative estimate of drug-likeness (QED) is 0.124. The van der Waals surface area contributed by atoms with Gasteiger partial charge in [0.25, 0.3) is 0 Å². The zero-order chi connectivity index (χ0) is 42.0. The number of rotatable bonds is 8. The van der Waals surface area contributed by atoms with E-state index in [9.17, 15) is 41.1 Å². The van der Waals surface area contributed by atoms with E-state index in [0.29, 0.717) is 26.2 Å². The molecule has 4 heterocycles. The van der Waals surface area contributed by atoms with E-state index in [4.69, 9.17) is 0 Å². The summed E-state index contributed by atoms with van der Waals surface area (Å²) in [7, 11) is 1.56. The van der Waals surface area contributed by atoms with Gasteiger partial charge in [-0.15, -0.1) is 0 Å². The predicted octanol–water partition coefficient (Wildman–Crippen LogP) is 6.80. The van der Waals surface area contributed by atoms with Crippen molar-refractivity contribution in [3.05, 3.63) is 71.1 Å². The summed E-state index contributed by atoms with van der Waals surface area (Å²) in [5, 5.41) is 8.92. The Labute approximate surface area is 338 Å². The number of halogens is 5. The summed E-state index contributed by atoms with van der Waals surface area (Å²) in [6, 6.07) is 8.92. The largest absolute Gasteiger partial charge is 0.416 e. The molecule has 2 atom stereocenters. The van der Waals surface area contributed by atoms with E-state index >= 15 is 0 Å². The average Bonchev–Trinajstić information content (AvgIpc) is 4.16. The third kappa shape index (κ3) is 9.84. The standard InChI is InChI=1S/C21H25F4N5O2.C20H25FN4O2/c1-26-19(31)29-8-2-3-14(11-29)30(13-5-6-13)20(32)27-10-17-18(22)15-9-12(21(23,24)25)4-7-16(15)28-17;1-13(26)24-8-2-3-18(12-24)25(17-5-6-17)20(27)22-11-16-10-14-9-15(21)4-7-19(14)23-16/h4,7,9,13-14,28H,2-3,5-6,8,10-11H2,1H3,(H,26,31)(H,27,32);4,7,9-10,17-18,23H,2-3,5-6,8,11-12H2,1H3,(H,22,27)/t14-;18-/m11/s1. The van der Waals surface area contributed by atoms with Crippen LogP contribution in [0.3, 0.4) is 0 Å². The number of fused-ring (bicyclic) bond motifs is 2. The van der Waals surface area contributed by atoms with Crippen molar-refractivity contribution >= 4 is 45.8 Å². The van der Waals surface area contributed by atoms with Crippen LogP contribution in [-0.2, 0) is 24.1 Å². The number of nitrogens with one attached hydrogen (secondary N) is 5. The lowest BCUT2D eigenvalue weighted by molar-refractivity contribution is -0.137. The van der Waals surface area contributed by atoms with Gasteiger partial charge in [0.15, 0.2) is 5.82 Å². The molecule has 2 saturated heterocycles. The fourth-order valence-corrected chi connectivity index (χ4v) is 8.25. The highest BCUT2D eigenvalue weighted by molar-refractivity contribution is 5.83. The van der Waals surface area contributed by atoms with Crippen LogP contribution < -0.4 is 16.0 Å². The summed E-state index contributed by atoms with van der Waals surface area (Å²) < 4.78 is 66.9. The van der Waals surface area contributed by atoms with Gasteiger partial charge in [-0.3, -0.25) is 4.79 Å². The number of urea groups is 3. The van der Waals surface area contributed by atoms with Crippen molar-refractivity contribution in [1.29, 1.82) is 0 Å². The first-order valence-corrected chi connectivity index (χ1v) is 20.2. The number of alkyl halides is 3. The fraction of sp³-hybridized carbons (Fsp3) is 0.512. The maximum absolute atomic E-state index is 14.7. The molecule has 5 N–H and O–H groups in total. The van der Waals surface area contributed by atoms with E-state index < -0.39 is 17.6 Å². The Morgan fingerprint density at radius 3 is 1.93 bits per heavy atom. The van der Waals surface area contributed by atoms with Gasteiger partial charge in [0.05, 0.1) is 36.4 Å². The Morgan fingerprint density at radius 2 is 1.34 bits per heavy atom. The first-order valence-electron chi connectivity index (χ1n) is 20.2. The van der Waals surface area contributed by atoms with Crippen LogP contribution in [0.4, 0.5) is 36.3 Å². The molecule has 0 bridgehead atoms. The number of carbonyl (C=O) groups is 4. The lowest BCUT2D eigenvalue weighted by Crippen LogP contribution is -2.56. The number of likely N-dealkylation sites (tertiary alicyclic amines) is 2. The molecule has 0 spiro atoms. The molecule has 4 aliphatic rings. The number of carbonyl (C=O) groups excluding carboxylic acids is 4. The number of H-pyrrole nitrogens is 2. The number of aromatic nitrogens is 2. The smallest absolute Gasteiger partial charge is 0.357 e. The molecule has 0 radical (unpaired) electrons. The van der Waals surface area contributed by atoms with Gasteiger partial charge in [-0.1, -0.05) is 0 Å². The zero-order valence-electron chi connectivity index (χ0n) is 33.1. The van der Waals surface area contributed by atoms with Crippen LogP contribution in [0.25, 0.3) is 21.8 Å². The second kappa shape index (κ2) is 17.4. The highest BCUT2D eigenvalue weighted by atomic mass is 19.4. The molecule has 2 aromatic carbocycles. The average molecular weight is 828 g/mol. The van der Waals surface area contributed by atoms with E-state index in [-0.39, 0.29) is 77.1 Å². The third-order valence-corrected chi connectivity index (χ3v) is 11.5. The summed E-state index contributed by atoms with van der Waals surface area (Å²) in [5.74, 6) is -1.02. The molecule has 2 saturated carbocycles. The lowest BCUT2D eigenvalue weighted by atomic mass is 10.0. The van der Waals surface area contributed by atoms with Gasteiger partial charge in [-0.25, -0.2) is 23.2 Å². The zero-order valence-corrected chi connectivity index (χ0v) is 33.1. The van der Waals surface area contributed by atoms with Crippen LogP contribution in [0.15, 0.2) is 42.5 Å². The molecule has 13 nitrogen and oxygen atoms in total. The van der Waals surface area contributed by atoms with E-state index in [2.05, 4.69) is 25.9 Å². The van der Waals surface area contributed by atoms with Gasteiger partial charge in [0.2, 0.25) is 5.91 Å². The van der Waals surface area contributed by atoms with Crippen molar-refractivity contribution in [1.82, 2.24) is 45.5 Å². The lowest BCUT2D eigenvalue weighted by Gasteiger charge is -2.39. The first-order chi connectivity index (χ1) is 28.2. The SMILES string of the molecule is CC(=O)N1CCC[C@@H](N(C(=O)NCc2cc3cc(F)ccc3[nH]2)C2CC2)C1.CNC(=O)N1CCC[C@@H](N(C(=O)NCc2[nH]c3ccc(C(F)(F)F)cc3c2F)C2CC2)C1. The van der Waals surface area contributed by atoms with E-state index in [1.165, 1.54) is 18.2 Å². The molecular formula is C41H50F5N9O4. The molecule has 2 aromatic heterocycles. The monoisotopic (exact) mass is 827 g/mol. The Balaban J connectivity index is 0.000000181. The van der Waals surface area contributed by atoms with Gasteiger partial charge in [0.1, 0.15) is 5.82 Å². The van der Waals surface area contributed by atoms with Crippen LogP contribution in [0.5, 0.6) is 0 Å². The minimum Gasteiger partial charge on any atom is -0.357 e. The summed E-state index contributed by atoms with van der Waals surface area (Å²) in [6.07, 6.45) is 2.60. The first kappa shape index (κ1) is 41.6. The van der Waals surface area contributed by atoms with Crippen LogP contribution in [0, 0.1) is 11.6 Å². The maximum Gasteiger partial charge on any atom is 0.416 e. The second-order valence-corrected chi connectivity index (χ2v) is 15.9. The van der Waals surface area contributed by atoms with E-state index in [1.54, 1.807) is 29.8 Å². The summed E-state index contributed by atoms with van der Waals surface area (Å²) in [6.45, 7) is 4.20. The summed E-state index contributed by atoms with van der Waals surface area (Å²) in [4.78, 5) is 62.7. The molecule has 4 fully saturated rings. The van der Waals surface area contributed by atoms with E-state index in [1.807, 2.05) is 15.9 Å². The topological polar surface area (TPSA) is 149 Å². The number of benzene rings is 2. The number of piperidine rings is 2. The Morgan fingerprint density at radius 1 is 0.746 bits per heavy atom. The number of nitrogens with zero attached hydrogens (tertiary/aromatic N) is 4. The number of aromatic amines is 2. The molecule has 18 heteroatoms. The summed E-state index contributed by atoms with van der Waals surface area (Å²) >= 11 is 0. The molecule has 0 unspecified atom stereocenters. The highest BCUT2D eigenvalue weighted by Crippen LogP contribution is 2.35. The third-order valence-electron chi connectivity index (χ3n) is 11.5. The van der Waals surface area contributed by atoms with Crippen LogP contribution in [0.2, 0.25) is 0 Å². The van der Waals surface area contributed by atoms with Crippen molar-refractivity contribution in [3.63, 3.8) is 0 Å². The second-order valence-electron chi connectivity index (χ2n) is 15.9. The molecule has 8 rings (SSSR count). The predicted molar refractivity (Wildman–Crippen MR) is 210 cm³/mol. The van der Waals surface area contributed by atoms with Crippen molar-refractivity contribution in [3.8, 4) is 0 Å². The summed E-state index contributed by atoms with van der Waals surface area (Å²) in [5.41, 5.74) is 1.00. The van der Waals surface area contributed by atoms with Gasteiger partial charge in [0, 0.05) is 79.7 Å². The Hall–Kier alpha value is -5.55. The van der Waals surface area contributed by atoms with Gasteiger partial charge < -0.3 is 45.5 Å². The Kier molecular flexibility index (Phi) is 12.2. The minimum atomic E-state index is -4.57. The normalized spacial score (nSPS) is 19.5. The van der Waals surface area contributed by atoms with Gasteiger partial charge in [-0.2, -0.15) is 13.2 Å². The number of hydrogen-bond acceptors (Lipinski definition) is 4. The molecule has 318 valence electrons. The minimum absolute atomic E-state index is 0.0130. The molecular weight excluding hydrogens is 778 g/mol. The van der Waals surface area contributed by atoms with Crippen molar-refractivity contribution < 1.29 is 41.1 Å². The molecule has 4 aromatic rings. The van der Waals surface area contributed by atoms with Crippen LogP contribution >= 0.6 is 0 Å². The Bertz CT molecular complexity index is 2180. The number of hydrogen-bond donors (Lipinski definition) is 5. The fourth-order valence-electron chi connectivity index (χ4n) is 8.25. The maximum atomic E-state index is 14.7. The number of amides is 7. The molecule has 2 aliphatic carbocycles. The van der Waals surface area contributed by atoms with Gasteiger partial charge in [-0.05, 0) is 93.8 Å². The van der Waals surface area contributed by atoms with Gasteiger partial charge >= 0.3 is 24.3 Å². The molecule has 2 aliphatic heterocycles.